The van der Waals surface area contributed by atoms with Crippen molar-refractivity contribution in [2.24, 2.45) is 5.10 Å². The zero-order valence-corrected chi connectivity index (χ0v) is 12.3. The molecule has 0 saturated heterocycles. The van der Waals surface area contributed by atoms with Gasteiger partial charge < -0.3 is 0 Å². The summed E-state index contributed by atoms with van der Waals surface area (Å²) < 4.78 is 0. The second-order valence-electron chi connectivity index (χ2n) is 4.36. The molecule has 0 fully saturated rings. The maximum absolute atomic E-state index is 12.5. The second-order valence-corrected chi connectivity index (χ2v) is 5.77. The highest BCUT2D eigenvalue weighted by molar-refractivity contribution is 7.10. The first kappa shape index (κ1) is 13.1. The molecule has 1 aliphatic rings. The summed E-state index contributed by atoms with van der Waals surface area (Å²) in [7, 11) is 0. The SMILES string of the molecule is CC1=NN(c2cccc(Cl)c2)C(=O)/C1=C\c1cccs1. The monoisotopic (exact) mass is 302 g/mol. The van der Waals surface area contributed by atoms with Gasteiger partial charge in [-0.05, 0) is 42.6 Å². The Kier molecular flexibility index (Phi) is 3.42. The first-order chi connectivity index (χ1) is 9.65. The first-order valence-corrected chi connectivity index (χ1v) is 7.32. The summed E-state index contributed by atoms with van der Waals surface area (Å²) in [6.07, 6.45) is 1.87. The van der Waals surface area contributed by atoms with Crippen LogP contribution in [-0.4, -0.2) is 11.6 Å². The maximum atomic E-state index is 12.5. The molecule has 0 aliphatic carbocycles. The predicted octanol–water partition coefficient (Wildman–Crippen LogP) is 4.21. The fourth-order valence-electron chi connectivity index (χ4n) is 1.98. The average Bonchev–Trinajstić information content (AvgIpc) is 3.02. The Bertz CT molecular complexity index is 719. The quantitative estimate of drug-likeness (QED) is 0.765. The molecule has 1 aliphatic heterocycles. The number of halogens is 1. The summed E-state index contributed by atoms with van der Waals surface area (Å²) in [5, 5.41) is 8.27. The number of rotatable bonds is 2. The van der Waals surface area contributed by atoms with Crippen LogP contribution in [-0.2, 0) is 4.79 Å². The van der Waals surface area contributed by atoms with Crippen molar-refractivity contribution >= 4 is 46.3 Å². The largest absolute Gasteiger partial charge is 0.280 e. The van der Waals surface area contributed by atoms with Gasteiger partial charge in [-0.15, -0.1) is 11.3 Å². The van der Waals surface area contributed by atoms with Gasteiger partial charge >= 0.3 is 0 Å². The van der Waals surface area contributed by atoms with Gasteiger partial charge in [-0.2, -0.15) is 10.1 Å². The van der Waals surface area contributed by atoms with Gasteiger partial charge in [-0.1, -0.05) is 23.7 Å². The lowest BCUT2D eigenvalue weighted by atomic mass is 10.1. The molecule has 100 valence electrons. The lowest BCUT2D eigenvalue weighted by molar-refractivity contribution is -0.114. The van der Waals surface area contributed by atoms with E-state index in [0.29, 0.717) is 22.0 Å². The summed E-state index contributed by atoms with van der Waals surface area (Å²) in [4.78, 5) is 13.5. The Morgan fingerprint density at radius 3 is 2.85 bits per heavy atom. The summed E-state index contributed by atoms with van der Waals surface area (Å²) in [6.45, 7) is 1.84. The number of hydrazone groups is 1. The molecular weight excluding hydrogens is 292 g/mol. The smallest absolute Gasteiger partial charge is 0.267 e. The van der Waals surface area contributed by atoms with Gasteiger partial charge in [0.15, 0.2) is 0 Å². The Morgan fingerprint density at radius 2 is 2.15 bits per heavy atom. The van der Waals surface area contributed by atoms with Crippen molar-refractivity contribution in [2.75, 3.05) is 5.01 Å². The number of carbonyl (C=O) groups is 1. The first-order valence-electron chi connectivity index (χ1n) is 6.06. The van der Waals surface area contributed by atoms with Crippen LogP contribution in [0, 0.1) is 0 Å². The molecule has 0 radical (unpaired) electrons. The third-order valence-electron chi connectivity index (χ3n) is 2.95. The van der Waals surface area contributed by atoms with Crippen molar-refractivity contribution in [3.05, 3.63) is 57.3 Å². The summed E-state index contributed by atoms with van der Waals surface area (Å²) in [5.41, 5.74) is 2.01. The Morgan fingerprint density at radius 1 is 1.30 bits per heavy atom. The number of hydrogen-bond acceptors (Lipinski definition) is 3. The van der Waals surface area contributed by atoms with Crippen LogP contribution >= 0.6 is 22.9 Å². The van der Waals surface area contributed by atoms with Crippen LogP contribution in [0.5, 0.6) is 0 Å². The Balaban J connectivity index is 1.97. The Labute approximate surface area is 125 Å². The molecular formula is C15H11ClN2OS. The van der Waals surface area contributed by atoms with Crippen molar-refractivity contribution in [2.45, 2.75) is 6.92 Å². The maximum Gasteiger partial charge on any atom is 0.280 e. The topological polar surface area (TPSA) is 32.7 Å². The zero-order valence-electron chi connectivity index (χ0n) is 10.7. The second kappa shape index (κ2) is 5.23. The van der Waals surface area contributed by atoms with Crippen LogP contribution in [0.15, 0.2) is 52.5 Å². The molecule has 0 atom stereocenters. The van der Waals surface area contributed by atoms with Gasteiger partial charge in [0.1, 0.15) is 0 Å². The Hall–Kier alpha value is -1.91. The summed E-state index contributed by atoms with van der Waals surface area (Å²) in [5.74, 6) is -0.127. The fraction of sp³-hybridized carbons (Fsp3) is 0.0667. The van der Waals surface area contributed by atoms with Crippen molar-refractivity contribution < 1.29 is 4.79 Å². The third kappa shape index (κ3) is 2.40. The normalized spacial score (nSPS) is 16.9. The molecule has 0 unspecified atom stereocenters. The van der Waals surface area contributed by atoms with E-state index in [1.165, 1.54) is 5.01 Å². The van der Waals surface area contributed by atoms with E-state index in [9.17, 15) is 4.79 Å². The van der Waals surface area contributed by atoms with Gasteiger partial charge in [0.2, 0.25) is 0 Å². The van der Waals surface area contributed by atoms with E-state index < -0.39 is 0 Å². The van der Waals surface area contributed by atoms with Crippen molar-refractivity contribution in [3.8, 4) is 0 Å². The minimum atomic E-state index is -0.127. The van der Waals surface area contributed by atoms with Crippen molar-refractivity contribution in [3.63, 3.8) is 0 Å². The molecule has 1 amide bonds. The lowest BCUT2D eigenvalue weighted by Gasteiger charge is -2.11. The van der Waals surface area contributed by atoms with E-state index in [-0.39, 0.29) is 5.91 Å². The highest BCUT2D eigenvalue weighted by atomic mass is 35.5. The van der Waals surface area contributed by atoms with Crippen LogP contribution < -0.4 is 5.01 Å². The average molecular weight is 303 g/mol. The van der Waals surface area contributed by atoms with E-state index in [1.807, 2.05) is 36.6 Å². The van der Waals surface area contributed by atoms with E-state index in [0.717, 1.165) is 4.88 Å². The van der Waals surface area contributed by atoms with Gasteiger partial charge in [-0.25, -0.2) is 0 Å². The molecule has 0 bridgehead atoms. The predicted molar refractivity (Wildman–Crippen MR) is 84.3 cm³/mol. The minimum Gasteiger partial charge on any atom is -0.267 e. The van der Waals surface area contributed by atoms with Crippen LogP contribution in [0.2, 0.25) is 5.02 Å². The molecule has 0 saturated carbocycles. The number of carbonyl (C=O) groups excluding carboxylic acids is 1. The van der Waals surface area contributed by atoms with Crippen molar-refractivity contribution in [1.29, 1.82) is 0 Å². The fourth-order valence-corrected chi connectivity index (χ4v) is 2.82. The van der Waals surface area contributed by atoms with Crippen LogP contribution in [0.25, 0.3) is 6.08 Å². The minimum absolute atomic E-state index is 0.127. The van der Waals surface area contributed by atoms with Gasteiger partial charge in [-0.3, -0.25) is 4.79 Å². The molecule has 1 aromatic heterocycles. The number of anilines is 1. The molecule has 0 N–H and O–H groups in total. The van der Waals surface area contributed by atoms with Gasteiger partial charge in [0.25, 0.3) is 5.91 Å². The zero-order chi connectivity index (χ0) is 14.1. The van der Waals surface area contributed by atoms with Gasteiger partial charge in [0.05, 0.1) is 17.0 Å². The molecule has 0 spiro atoms. The highest BCUT2D eigenvalue weighted by Crippen LogP contribution is 2.27. The summed E-state index contributed by atoms with van der Waals surface area (Å²) >= 11 is 7.55. The van der Waals surface area contributed by atoms with Gasteiger partial charge in [0, 0.05) is 9.90 Å². The van der Waals surface area contributed by atoms with Crippen LogP contribution in [0.1, 0.15) is 11.8 Å². The third-order valence-corrected chi connectivity index (χ3v) is 4.00. The van der Waals surface area contributed by atoms with Crippen LogP contribution in [0.4, 0.5) is 5.69 Å². The van der Waals surface area contributed by atoms with E-state index in [4.69, 9.17) is 11.6 Å². The number of amides is 1. The van der Waals surface area contributed by atoms with E-state index in [1.54, 1.807) is 29.5 Å². The molecule has 20 heavy (non-hydrogen) atoms. The number of hydrogen-bond donors (Lipinski definition) is 0. The number of benzene rings is 1. The molecule has 1 aromatic carbocycles. The van der Waals surface area contributed by atoms with Crippen LogP contribution in [0.3, 0.4) is 0 Å². The lowest BCUT2D eigenvalue weighted by Crippen LogP contribution is -2.21. The standard InChI is InChI=1S/C15H11ClN2OS/c1-10-14(9-13-6-3-7-20-13)15(19)18(17-10)12-5-2-4-11(16)8-12/h2-9H,1H3/b14-9-. The summed E-state index contributed by atoms with van der Waals surface area (Å²) in [6, 6.07) is 11.0. The molecule has 2 heterocycles. The molecule has 5 heteroatoms. The number of nitrogens with zero attached hydrogens (tertiary/aromatic N) is 2. The number of thiophene rings is 1. The molecule has 3 rings (SSSR count). The molecule has 3 nitrogen and oxygen atoms in total. The van der Waals surface area contributed by atoms with E-state index in [2.05, 4.69) is 5.10 Å². The molecule has 2 aromatic rings. The highest BCUT2D eigenvalue weighted by Gasteiger charge is 2.28. The van der Waals surface area contributed by atoms with E-state index >= 15 is 0 Å². The van der Waals surface area contributed by atoms with Crippen molar-refractivity contribution in [1.82, 2.24) is 0 Å².